The first kappa shape index (κ1) is 14.3. The summed E-state index contributed by atoms with van der Waals surface area (Å²) in [5.41, 5.74) is 0. The van der Waals surface area contributed by atoms with E-state index in [0.717, 1.165) is 25.8 Å². The van der Waals surface area contributed by atoms with Gasteiger partial charge in [-0.1, -0.05) is 12.8 Å². The predicted molar refractivity (Wildman–Crippen MR) is 78.8 cm³/mol. The number of carbonyl (C=O) groups is 1. The second kappa shape index (κ2) is 6.87. The lowest BCUT2D eigenvalue weighted by atomic mass is 10.0. The maximum atomic E-state index is 12.4. The van der Waals surface area contributed by atoms with Crippen LogP contribution in [0.3, 0.4) is 0 Å². The Balaban J connectivity index is 1.51. The van der Waals surface area contributed by atoms with Gasteiger partial charge in [0.2, 0.25) is 11.8 Å². The highest BCUT2D eigenvalue weighted by atomic mass is 16.5. The Hall–Kier alpha value is -1.65. The Kier molecular flexibility index (Phi) is 4.68. The zero-order chi connectivity index (χ0) is 14.5. The van der Waals surface area contributed by atoms with Gasteiger partial charge in [0.25, 0.3) is 0 Å². The number of rotatable bonds is 4. The molecule has 2 aliphatic rings. The van der Waals surface area contributed by atoms with Crippen LogP contribution >= 0.6 is 0 Å². The SMILES string of the molecule is O=C(CC1CCCC1)N1CCCC(Oc2cccnn2)C1. The second-order valence-electron chi connectivity index (χ2n) is 6.14. The van der Waals surface area contributed by atoms with Gasteiger partial charge in [-0.3, -0.25) is 4.79 Å². The predicted octanol–water partition coefficient (Wildman–Crippen LogP) is 2.43. The van der Waals surface area contributed by atoms with Crippen LogP contribution in [0, 0.1) is 5.92 Å². The van der Waals surface area contributed by atoms with Gasteiger partial charge in [0.15, 0.2) is 0 Å². The molecule has 0 N–H and O–H groups in total. The zero-order valence-electron chi connectivity index (χ0n) is 12.4. The molecule has 1 unspecified atom stereocenters. The third-order valence-electron chi connectivity index (χ3n) is 4.50. The fourth-order valence-corrected chi connectivity index (χ4v) is 3.37. The summed E-state index contributed by atoms with van der Waals surface area (Å²) in [4.78, 5) is 14.4. The van der Waals surface area contributed by atoms with Gasteiger partial charge < -0.3 is 9.64 Å². The van der Waals surface area contributed by atoms with Gasteiger partial charge >= 0.3 is 0 Å². The molecule has 1 aliphatic heterocycles. The molecule has 5 nitrogen and oxygen atoms in total. The zero-order valence-corrected chi connectivity index (χ0v) is 12.4. The van der Waals surface area contributed by atoms with Crippen molar-refractivity contribution in [2.75, 3.05) is 13.1 Å². The molecule has 2 fully saturated rings. The van der Waals surface area contributed by atoms with E-state index in [1.807, 2.05) is 17.0 Å². The largest absolute Gasteiger partial charge is 0.471 e. The molecule has 114 valence electrons. The fraction of sp³-hybridized carbons (Fsp3) is 0.688. The lowest BCUT2D eigenvalue weighted by molar-refractivity contribution is -0.134. The maximum absolute atomic E-state index is 12.4. The first-order chi connectivity index (χ1) is 10.3. The summed E-state index contributed by atoms with van der Waals surface area (Å²) in [5, 5.41) is 7.77. The number of aromatic nitrogens is 2. The van der Waals surface area contributed by atoms with Crippen molar-refractivity contribution in [1.82, 2.24) is 15.1 Å². The Labute approximate surface area is 125 Å². The summed E-state index contributed by atoms with van der Waals surface area (Å²) in [5.74, 6) is 1.46. The van der Waals surface area contributed by atoms with Crippen LogP contribution in [-0.4, -0.2) is 40.2 Å². The van der Waals surface area contributed by atoms with Crippen LogP contribution in [0.25, 0.3) is 0 Å². The van der Waals surface area contributed by atoms with Gasteiger partial charge in [-0.25, -0.2) is 0 Å². The third kappa shape index (κ3) is 3.93. The van der Waals surface area contributed by atoms with Crippen molar-refractivity contribution in [1.29, 1.82) is 0 Å². The second-order valence-corrected chi connectivity index (χ2v) is 6.14. The quantitative estimate of drug-likeness (QED) is 0.854. The molecule has 1 atom stereocenters. The number of amides is 1. The topological polar surface area (TPSA) is 55.3 Å². The smallest absolute Gasteiger partial charge is 0.233 e. The Bertz CT molecular complexity index is 460. The highest BCUT2D eigenvalue weighted by molar-refractivity contribution is 5.76. The van der Waals surface area contributed by atoms with E-state index >= 15 is 0 Å². The minimum absolute atomic E-state index is 0.0444. The van der Waals surface area contributed by atoms with Gasteiger partial charge in [-0.15, -0.1) is 5.10 Å². The van der Waals surface area contributed by atoms with E-state index < -0.39 is 0 Å². The molecule has 1 saturated heterocycles. The van der Waals surface area contributed by atoms with Crippen LogP contribution in [0.15, 0.2) is 18.3 Å². The van der Waals surface area contributed by atoms with E-state index in [1.54, 1.807) is 6.20 Å². The lowest BCUT2D eigenvalue weighted by Crippen LogP contribution is -2.44. The van der Waals surface area contributed by atoms with Gasteiger partial charge in [0.05, 0.1) is 6.54 Å². The molecule has 3 rings (SSSR count). The van der Waals surface area contributed by atoms with Crippen molar-refractivity contribution >= 4 is 5.91 Å². The molecule has 1 aromatic rings. The summed E-state index contributed by atoms with van der Waals surface area (Å²) in [6.45, 7) is 1.55. The van der Waals surface area contributed by atoms with Crippen LogP contribution in [0.2, 0.25) is 0 Å². The third-order valence-corrected chi connectivity index (χ3v) is 4.50. The van der Waals surface area contributed by atoms with E-state index in [1.165, 1.54) is 25.7 Å². The molecule has 0 spiro atoms. The molecular formula is C16H23N3O2. The molecule has 0 bridgehead atoms. The van der Waals surface area contributed by atoms with Crippen molar-refractivity contribution in [2.45, 2.75) is 51.0 Å². The minimum atomic E-state index is 0.0444. The van der Waals surface area contributed by atoms with Crippen LogP contribution in [0.4, 0.5) is 0 Å². The average Bonchev–Trinajstić information content (AvgIpc) is 3.01. The van der Waals surface area contributed by atoms with Crippen molar-refractivity contribution in [3.8, 4) is 5.88 Å². The summed E-state index contributed by atoms with van der Waals surface area (Å²) >= 11 is 0. The van der Waals surface area contributed by atoms with E-state index in [9.17, 15) is 4.79 Å². The van der Waals surface area contributed by atoms with E-state index in [4.69, 9.17) is 4.74 Å². The number of carbonyl (C=O) groups excluding carboxylic acids is 1. The summed E-state index contributed by atoms with van der Waals surface area (Å²) in [6.07, 6.45) is 9.39. The highest BCUT2D eigenvalue weighted by Crippen LogP contribution is 2.28. The average molecular weight is 289 g/mol. The Morgan fingerprint density at radius 3 is 2.90 bits per heavy atom. The highest BCUT2D eigenvalue weighted by Gasteiger charge is 2.27. The van der Waals surface area contributed by atoms with E-state index in [-0.39, 0.29) is 6.10 Å². The molecule has 1 aliphatic carbocycles. The van der Waals surface area contributed by atoms with Gasteiger partial charge in [0, 0.05) is 25.2 Å². The first-order valence-electron chi connectivity index (χ1n) is 8.03. The van der Waals surface area contributed by atoms with E-state index in [2.05, 4.69) is 10.2 Å². The normalized spacial score (nSPS) is 23.2. The monoisotopic (exact) mass is 289 g/mol. The van der Waals surface area contributed by atoms with E-state index in [0.29, 0.717) is 24.2 Å². The minimum Gasteiger partial charge on any atom is -0.471 e. The molecule has 2 heterocycles. The molecule has 1 saturated carbocycles. The number of nitrogens with zero attached hydrogens (tertiary/aromatic N) is 3. The molecular weight excluding hydrogens is 266 g/mol. The lowest BCUT2D eigenvalue weighted by Gasteiger charge is -2.33. The summed E-state index contributed by atoms with van der Waals surface area (Å²) in [6, 6.07) is 3.63. The Morgan fingerprint density at radius 2 is 2.14 bits per heavy atom. The summed E-state index contributed by atoms with van der Waals surface area (Å²) in [7, 11) is 0. The van der Waals surface area contributed by atoms with Crippen molar-refractivity contribution in [3.63, 3.8) is 0 Å². The fourth-order valence-electron chi connectivity index (χ4n) is 3.37. The number of likely N-dealkylation sites (tertiary alicyclic amines) is 1. The summed E-state index contributed by atoms with van der Waals surface area (Å²) < 4.78 is 5.84. The van der Waals surface area contributed by atoms with Crippen LogP contribution in [-0.2, 0) is 4.79 Å². The maximum Gasteiger partial charge on any atom is 0.233 e. The molecule has 1 amide bonds. The van der Waals surface area contributed by atoms with Gasteiger partial charge in [0.1, 0.15) is 6.10 Å². The molecule has 1 aromatic heterocycles. The van der Waals surface area contributed by atoms with Crippen molar-refractivity contribution in [2.24, 2.45) is 5.92 Å². The molecule has 5 heteroatoms. The number of hydrogen-bond acceptors (Lipinski definition) is 4. The van der Waals surface area contributed by atoms with Crippen LogP contribution in [0.5, 0.6) is 5.88 Å². The van der Waals surface area contributed by atoms with Crippen LogP contribution in [0.1, 0.15) is 44.9 Å². The molecule has 0 radical (unpaired) electrons. The van der Waals surface area contributed by atoms with Gasteiger partial charge in [-0.2, -0.15) is 5.10 Å². The molecule has 21 heavy (non-hydrogen) atoms. The van der Waals surface area contributed by atoms with Crippen LogP contribution < -0.4 is 4.74 Å². The van der Waals surface area contributed by atoms with Crippen molar-refractivity contribution < 1.29 is 9.53 Å². The number of piperidine rings is 1. The van der Waals surface area contributed by atoms with Crippen molar-refractivity contribution in [3.05, 3.63) is 18.3 Å². The van der Waals surface area contributed by atoms with Gasteiger partial charge in [-0.05, 0) is 37.7 Å². The number of ether oxygens (including phenoxy) is 1. The Morgan fingerprint density at radius 1 is 1.29 bits per heavy atom. The molecule has 0 aromatic carbocycles. The standard InChI is InChI=1S/C16H23N3O2/c20-16(11-13-5-1-2-6-13)19-10-4-7-14(12-19)21-15-8-3-9-17-18-15/h3,8-9,13-14H,1-2,4-7,10-12H2. The first-order valence-corrected chi connectivity index (χ1v) is 8.03. The number of hydrogen-bond donors (Lipinski definition) is 0.